The van der Waals surface area contributed by atoms with Crippen LogP contribution in [0.5, 0.6) is 0 Å². The van der Waals surface area contributed by atoms with Gasteiger partial charge in [0, 0.05) is 14.8 Å². The molecule has 3 N–H and O–H groups in total. The average Bonchev–Trinajstić information content (AvgIpc) is 2.71. The van der Waals surface area contributed by atoms with Gasteiger partial charge in [0.05, 0.1) is 11.3 Å². The van der Waals surface area contributed by atoms with Gasteiger partial charge < -0.3 is 10.6 Å². The summed E-state index contributed by atoms with van der Waals surface area (Å²) in [4.78, 5) is 25.1. The third-order valence-corrected chi connectivity index (χ3v) is 5.48. The fourth-order valence-corrected chi connectivity index (χ4v) is 3.29. The first kappa shape index (κ1) is 20.9. The lowest BCUT2D eigenvalue weighted by Crippen LogP contribution is -2.34. The van der Waals surface area contributed by atoms with Crippen LogP contribution in [0.15, 0.2) is 72.8 Å². The van der Waals surface area contributed by atoms with Crippen molar-refractivity contribution in [1.29, 1.82) is 0 Å². The molecule has 5 nitrogen and oxygen atoms in total. The molecular weight excluding hydrogens is 497 g/mol. The van der Waals surface area contributed by atoms with Gasteiger partial charge in [-0.25, -0.2) is 0 Å². The van der Waals surface area contributed by atoms with E-state index in [1.54, 1.807) is 36.4 Å². The standard InChI is InChI=1S/C22H18IN3O2S/c1-14-11-12-15(13-18(14)23)20(27)26-22(29)25-19-10-6-5-9-17(19)21(28)24-16-7-3-2-4-8-16/h2-13H,1H3,(H,24,28)(H2,25,26,27,29). The Morgan fingerprint density at radius 3 is 2.28 bits per heavy atom. The Morgan fingerprint density at radius 2 is 1.55 bits per heavy atom. The minimum atomic E-state index is -0.313. The average molecular weight is 515 g/mol. The second-order valence-corrected chi connectivity index (χ2v) is 7.81. The van der Waals surface area contributed by atoms with E-state index in [1.807, 2.05) is 43.3 Å². The molecule has 29 heavy (non-hydrogen) atoms. The fourth-order valence-electron chi connectivity index (χ4n) is 2.57. The smallest absolute Gasteiger partial charge is 0.257 e. The quantitative estimate of drug-likeness (QED) is 0.339. The van der Waals surface area contributed by atoms with Gasteiger partial charge in [0.2, 0.25) is 0 Å². The van der Waals surface area contributed by atoms with Crippen molar-refractivity contribution in [2.45, 2.75) is 6.92 Å². The number of benzene rings is 3. The Kier molecular flexibility index (Phi) is 6.95. The molecule has 0 aliphatic rings. The molecule has 0 saturated carbocycles. The van der Waals surface area contributed by atoms with Crippen LogP contribution in [0.2, 0.25) is 0 Å². The third kappa shape index (κ3) is 5.61. The van der Waals surface area contributed by atoms with E-state index in [1.165, 1.54) is 0 Å². The van der Waals surface area contributed by atoms with Gasteiger partial charge in [-0.2, -0.15) is 0 Å². The van der Waals surface area contributed by atoms with Crippen molar-refractivity contribution in [3.8, 4) is 0 Å². The molecule has 0 saturated heterocycles. The fraction of sp³-hybridized carbons (Fsp3) is 0.0455. The van der Waals surface area contributed by atoms with E-state index in [9.17, 15) is 9.59 Å². The van der Waals surface area contributed by atoms with Crippen molar-refractivity contribution >= 4 is 63.1 Å². The Labute approximate surface area is 188 Å². The molecule has 0 heterocycles. The summed E-state index contributed by atoms with van der Waals surface area (Å²) < 4.78 is 0.997. The van der Waals surface area contributed by atoms with E-state index in [4.69, 9.17) is 12.2 Å². The molecule has 146 valence electrons. The number of carbonyl (C=O) groups excluding carboxylic acids is 2. The van der Waals surface area contributed by atoms with Crippen LogP contribution in [-0.2, 0) is 0 Å². The minimum Gasteiger partial charge on any atom is -0.332 e. The van der Waals surface area contributed by atoms with Crippen molar-refractivity contribution in [3.05, 3.63) is 93.1 Å². The molecule has 3 rings (SSSR count). The Morgan fingerprint density at radius 1 is 0.862 bits per heavy atom. The zero-order valence-corrected chi connectivity index (χ0v) is 18.5. The van der Waals surface area contributed by atoms with Crippen molar-refractivity contribution in [2.24, 2.45) is 0 Å². The predicted octanol–water partition coefficient (Wildman–Crippen LogP) is 4.98. The molecule has 2 amide bonds. The summed E-state index contributed by atoms with van der Waals surface area (Å²) in [5.41, 5.74) is 3.22. The van der Waals surface area contributed by atoms with Crippen LogP contribution in [0.3, 0.4) is 0 Å². The summed E-state index contributed by atoms with van der Waals surface area (Å²) >= 11 is 7.45. The van der Waals surface area contributed by atoms with Crippen LogP contribution >= 0.6 is 34.8 Å². The first-order valence-electron chi connectivity index (χ1n) is 8.78. The van der Waals surface area contributed by atoms with Crippen LogP contribution in [0, 0.1) is 10.5 Å². The normalized spacial score (nSPS) is 10.1. The van der Waals surface area contributed by atoms with Crippen LogP contribution < -0.4 is 16.0 Å². The van der Waals surface area contributed by atoms with E-state index in [0.29, 0.717) is 22.5 Å². The number of carbonyl (C=O) groups is 2. The van der Waals surface area contributed by atoms with Gasteiger partial charge in [-0.15, -0.1) is 0 Å². The van der Waals surface area contributed by atoms with Crippen molar-refractivity contribution in [3.63, 3.8) is 0 Å². The van der Waals surface area contributed by atoms with Gasteiger partial charge in [0.25, 0.3) is 11.8 Å². The Bertz CT molecular complexity index is 1070. The van der Waals surface area contributed by atoms with E-state index in [2.05, 4.69) is 38.5 Å². The second-order valence-electron chi connectivity index (χ2n) is 6.24. The van der Waals surface area contributed by atoms with Gasteiger partial charge in [0.15, 0.2) is 5.11 Å². The summed E-state index contributed by atoms with van der Waals surface area (Å²) in [5.74, 6) is -0.590. The highest BCUT2D eigenvalue weighted by atomic mass is 127. The molecule has 0 bridgehead atoms. The van der Waals surface area contributed by atoms with E-state index < -0.39 is 0 Å². The lowest BCUT2D eigenvalue weighted by atomic mass is 10.1. The maximum atomic E-state index is 12.6. The maximum absolute atomic E-state index is 12.6. The summed E-state index contributed by atoms with van der Waals surface area (Å²) in [6.07, 6.45) is 0. The first-order chi connectivity index (χ1) is 13.9. The highest BCUT2D eigenvalue weighted by molar-refractivity contribution is 14.1. The number of rotatable bonds is 4. The van der Waals surface area contributed by atoms with Crippen molar-refractivity contribution in [1.82, 2.24) is 5.32 Å². The molecule has 7 heteroatoms. The number of hydrogen-bond donors (Lipinski definition) is 3. The summed E-state index contributed by atoms with van der Waals surface area (Å²) in [6.45, 7) is 1.98. The molecular formula is C22H18IN3O2S. The van der Waals surface area contributed by atoms with E-state index in [0.717, 1.165) is 9.13 Å². The highest BCUT2D eigenvalue weighted by Gasteiger charge is 2.14. The van der Waals surface area contributed by atoms with Crippen LogP contribution in [0.4, 0.5) is 11.4 Å². The van der Waals surface area contributed by atoms with Crippen LogP contribution in [0.1, 0.15) is 26.3 Å². The molecule has 0 radical (unpaired) electrons. The van der Waals surface area contributed by atoms with Gasteiger partial charge >= 0.3 is 0 Å². The van der Waals surface area contributed by atoms with Crippen LogP contribution in [0.25, 0.3) is 0 Å². The zero-order chi connectivity index (χ0) is 20.8. The number of anilines is 2. The molecule has 0 aliphatic carbocycles. The minimum absolute atomic E-state index is 0.116. The van der Waals surface area contributed by atoms with Gasteiger partial charge in [-0.1, -0.05) is 36.4 Å². The summed E-state index contributed by atoms with van der Waals surface area (Å²) in [7, 11) is 0. The number of aryl methyl sites for hydroxylation is 1. The SMILES string of the molecule is Cc1ccc(C(=O)NC(=S)Nc2ccccc2C(=O)Nc2ccccc2)cc1I. The molecule has 0 spiro atoms. The monoisotopic (exact) mass is 515 g/mol. The van der Waals surface area contributed by atoms with Crippen LogP contribution in [-0.4, -0.2) is 16.9 Å². The highest BCUT2D eigenvalue weighted by Crippen LogP contribution is 2.18. The number of nitrogens with one attached hydrogen (secondary N) is 3. The number of amides is 2. The Balaban J connectivity index is 1.69. The molecule has 0 atom stereocenters. The van der Waals surface area contributed by atoms with E-state index >= 15 is 0 Å². The van der Waals surface area contributed by atoms with Crippen molar-refractivity contribution in [2.75, 3.05) is 10.6 Å². The second kappa shape index (κ2) is 9.62. The van der Waals surface area contributed by atoms with Gasteiger partial charge in [-0.05, 0) is 83.7 Å². The molecule has 0 unspecified atom stereocenters. The lowest BCUT2D eigenvalue weighted by molar-refractivity contribution is 0.0976. The number of halogens is 1. The van der Waals surface area contributed by atoms with E-state index in [-0.39, 0.29) is 16.9 Å². The summed E-state index contributed by atoms with van der Waals surface area (Å²) in [5, 5.41) is 8.55. The first-order valence-corrected chi connectivity index (χ1v) is 10.3. The number of hydrogen-bond acceptors (Lipinski definition) is 3. The lowest BCUT2D eigenvalue weighted by Gasteiger charge is -2.14. The predicted molar refractivity (Wildman–Crippen MR) is 128 cm³/mol. The number of para-hydroxylation sites is 2. The Hall–Kier alpha value is -2.78. The van der Waals surface area contributed by atoms with Gasteiger partial charge in [-0.3, -0.25) is 14.9 Å². The van der Waals surface area contributed by atoms with Crippen molar-refractivity contribution < 1.29 is 9.59 Å². The molecule has 3 aromatic carbocycles. The topological polar surface area (TPSA) is 70.2 Å². The third-order valence-electron chi connectivity index (χ3n) is 4.11. The zero-order valence-electron chi connectivity index (χ0n) is 15.5. The maximum Gasteiger partial charge on any atom is 0.257 e. The van der Waals surface area contributed by atoms with Gasteiger partial charge in [0.1, 0.15) is 0 Å². The molecule has 0 aromatic heterocycles. The number of thiocarbonyl (C=S) groups is 1. The molecule has 0 fully saturated rings. The largest absolute Gasteiger partial charge is 0.332 e. The summed E-state index contributed by atoms with van der Waals surface area (Å²) in [6, 6.07) is 21.6. The molecule has 3 aromatic rings. The molecule has 0 aliphatic heterocycles.